The number of phenolic OH excluding ortho intramolecular Hbond substituents is 1. The van der Waals surface area contributed by atoms with Crippen molar-refractivity contribution < 1.29 is 9.50 Å². The maximum atomic E-state index is 13.6. The van der Waals surface area contributed by atoms with Crippen molar-refractivity contribution in [3.8, 4) is 11.8 Å². The average Bonchev–Trinajstić information content (AvgIpc) is 2.34. The number of aromatic hydroxyl groups is 1. The summed E-state index contributed by atoms with van der Waals surface area (Å²) in [6.07, 6.45) is 0. The summed E-state index contributed by atoms with van der Waals surface area (Å²) < 4.78 is 13.6. The van der Waals surface area contributed by atoms with Crippen LogP contribution in [0.4, 0.5) is 4.39 Å². The number of rotatable bonds is 2. The van der Waals surface area contributed by atoms with E-state index in [1.54, 1.807) is 36.4 Å². The molecule has 84 valence electrons. The Morgan fingerprint density at radius 2 is 1.82 bits per heavy atom. The predicted octanol–water partition coefficient (Wildman–Crippen LogP) is 3.55. The van der Waals surface area contributed by atoms with Gasteiger partial charge in [-0.25, -0.2) is 4.39 Å². The van der Waals surface area contributed by atoms with Crippen LogP contribution in [0.5, 0.6) is 5.75 Å². The van der Waals surface area contributed by atoms with Crippen molar-refractivity contribution in [1.82, 2.24) is 0 Å². The van der Waals surface area contributed by atoms with Crippen molar-refractivity contribution in [3.05, 3.63) is 53.8 Å². The largest absolute Gasteiger partial charge is 0.508 e. The van der Waals surface area contributed by atoms with E-state index in [1.165, 1.54) is 17.8 Å². The first-order valence-corrected chi connectivity index (χ1v) is 5.67. The minimum absolute atomic E-state index is 0.176. The topological polar surface area (TPSA) is 44.0 Å². The Morgan fingerprint density at radius 3 is 2.41 bits per heavy atom. The molecule has 2 nitrogen and oxygen atoms in total. The monoisotopic (exact) mass is 245 g/mol. The van der Waals surface area contributed by atoms with Crippen molar-refractivity contribution in [3.63, 3.8) is 0 Å². The van der Waals surface area contributed by atoms with E-state index in [0.717, 1.165) is 4.90 Å². The Kier molecular flexibility index (Phi) is 3.31. The normalized spacial score (nSPS) is 9.88. The number of halogens is 1. The van der Waals surface area contributed by atoms with Crippen LogP contribution in [0.15, 0.2) is 52.3 Å². The van der Waals surface area contributed by atoms with Crippen LogP contribution in [0.3, 0.4) is 0 Å². The molecule has 0 heterocycles. The Labute approximate surface area is 102 Å². The Hall–Kier alpha value is -1.99. The minimum Gasteiger partial charge on any atom is -0.508 e. The van der Waals surface area contributed by atoms with Crippen LogP contribution in [-0.4, -0.2) is 5.11 Å². The molecule has 2 rings (SSSR count). The van der Waals surface area contributed by atoms with Crippen molar-refractivity contribution in [2.24, 2.45) is 0 Å². The summed E-state index contributed by atoms with van der Waals surface area (Å²) in [5.41, 5.74) is 0.303. The van der Waals surface area contributed by atoms with E-state index >= 15 is 0 Å². The molecule has 4 heteroatoms. The summed E-state index contributed by atoms with van der Waals surface area (Å²) >= 11 is 1.25. The lowest BCUT2D eigenvalue weighted by Gasteiger charge is -2.03. The van der Waals surface area contributed by atoms with Gasteiger partial charge in [0.2, 0.25) is 0 Å². The highest BCUT2D eigenvalue weighted by Gasteiger charge is 2.05. The van der Waals surface area contributed by atoms with Gasteiger partial charge in [0.05, 0.1) is 11.6 Å². The Balaban J connectivity index is 2.25. The third-order valence-corrected chi connectivity index (χ3v) is 3.18. The van der Waals surface area contributed by atoms with E-state index in [2.05, 4.69) is 0 Å². The van der Waals surface area contributed by atoms with Crippen molar-refractivity contribution in [2.75, 3.05) is 0 Å². The highest BCUT2D eigenvalue weighted by molar-refractivity contribution is 7.99. The minimum atomic E-state index is -0.415. The Bertz CT molecular complexity index is 575. The summed E-state index contributed by atoms with van der Waals surface area (Å²) in [7, 11) is 0. The van der Waals surface area contributed by atoms with Crippen LogP contribution in [0.1, 0.15) is 5.56 Å². The van der Waals surface area contributed by atoms with E-state index in [4.69, 9.17) is 10.4 Å². The molecule has 0 bridgehead atoms. The van der Waals surface area contributed by atoms with Gasteiger partial charge in [0, 0.05) is 9.79 Å². The number of phenols is 1. The molecule has 0 unspecified atom stereocenters. The molecule has 0 atom stereocenters. The number of hydrogen-bond donors (Lipinski definition) is 1. The van der Waals surface area contributed by atoms with Crippen LogP contribution in [0.25, 0.3) is 0 Å². The van der Waals surface area contributed by atoms with Crippen LogP contribution in [-0.2, 0) is 0 Å². The van der Waals surface area contributed by atoms with Gasteiger partial charge in [0.25, 0.3) is 0 Å². The maximum Gasteiger partial charge on any atom is 0.138 e. The van der Waals surface area contributed by atoms with Crippen molar-refractivity contribution in [2.45, 2.75) is 9.79 Å². The van der Waals surface area contributed by atoms with Crippen molar-refractivity contribution in [1.29, 1.82) is 5.26 Å². The number of nitriles is 1. The molecule has 0 aliphatic rings. The maximum absolute atomic E-state index is 13.6. The van der Waals surface area contributed by atoms with Gasteiger partial charge in [-0.3, -0.25) is 0 Å². The lowest BCUT2D eigenvalue weighted by molar-refractivity contribution is 0.475. The standard InChI is InChI=1S/C13H8FNOS/c14-12-7-9(8-15)1-6-13(12)17-11-4-2-10(16)3-5-11/h1-7,16H. The van der Waals surface area contributed by atoms with Crippen LogP contribution in [0.2, 0.25) is 0 Å². The first kappa shape index (κ1) is 11.5. The second kappa shape index (κ2) is 4.89. The van der Waals surface area contributed by atoms with Gasteiger partial charge < -0.3 is 5.11 Å². The molecule has 2 aromatic carbocycles. The smallest absolute Gasteiger partial charge is 0.138 e. The zero-order valence-electron chi connectivity index (χ0n) is 8.72. The van der Waals surface area contributed by atoms with Crippen LogP contribution >= 0.6 is 11.8 Å². The Morgan fingerprint density at radius 1 is 1.12 bits per heavy atom. The van der Waals surface area contributed by atoms with E-state index in [0.29, 0.717) is 10.5 Å². The molecule has 0 fully saturated rings. The lowest BCUT2D eigenvalue weighted by Crippen LogP contribution is -1.83. The molecular formula is C13H8FNOS. The fraction of sp³-hybridized carbons (Fsp3) is 0. The summed E-state index contributed by atoms with van der Waals surface area (Å²) in [5, 5.41) is 17.7. The fourth-order valence-electron chi connectivity index (χ4n) is 1.29. The molecule has 2 aromatic rings. The van der Waals surface area contributed by atoms with Gasteiger partial charge in [-0.05, 0) is 42.5 Å². The number of hydrogen-bond acceptors (Lipinski definition) is 3. The summed E-state index contributed by atoms with van der Waals surface area (Å²) in [5.74, 6) is -0.239. The third-order valence-electron chi connectivity index (χ3n) is 2.13. The zero-order chi connectivity index (χ0) is 12.3. The number of benzene rings is 2. The van der Waals surface area contributed by atoms with Crippen LogP contribution < -0.4 is 0 Å². The van der Waals surface area contributed by atoms with Crippen LogP contribution in [0, 0.1) is 17.1 Å². The molecule has 0 saturated heterocycles. The number of nitrogens with zero attached hydrogens (tertiary/aromatic N) is 1. The second-order valence-electron chi connectivity index (χ2n) is 3.35. The van der Waals surface area contributed by atoms with Crippen molar-refractivity contribution >= 4 is 11.8 Å². The quantitative estimate of drug-likeness (QED) is 0.879. The van der Waals surface area contributed by atoms with Gasteiger partial charge in [0.1, 0.15) is 11.6 Å². The fourth-order valence-corrected chi connectivity index (χ4v) is 2.11. The second-order valence-corrected chi connectivity index (χ2v) is 4.47. The summed E-state index contributed by atoms with van der Waals surface area (Å²) in [4.78, 5) is 1.28. The third kappa shape index (κ3) is 2.77. The lowest BCUT2D eigenvalue weighted by atomic mass is 10.2. The molecule has 0 radical (unpaired) electrons. The molecule has 17 heavy (non-hydrogen) atoms. The highest BCUT2D eigenvalue weighted by atomic mass is 32.2. The molecule has 0 saturated carbocycles. The van der Waals surface area contributed by atoms with Gasteiger partial charge >= 0.3 is 0 Å². The molecule has 0 aliphatic carbocycles. The van der Waals surface area contributed by atoms with Gasteiger partial charge in [-0.15, -0.1) is 0 Å². The van der Waals surface area contributed by atoms with E-state index in [1.807, 2.05) is 6.07 Å². The molecular weight excluding hydrogens is 237 g/mol. The van der Waals surface area contributed by atoms with Gasteiger partial charge in [-0.1, -0.05) is 11.8 Å². The average molecular weight is 245 g/mol. The molecule has 0 aliphatic heterocycles. The predicted molar refractivity (Wildman–Crippen MR) is 63.3 cm³/mol. The molecule has 0 amide bonds. The van der Waals surface area contributed by atoms with E-state index < -0.39 is 5.82 Å². The zero-order valence-corrected chi connectivity index (χ0v) is 9.54. The highest BCUT2D eigenvalue weighted by Crippen LogP contribution is 2.30. The molecule has 0 aromatic heterocycles. The van der Waals surface area contributed by atoms with E-state index in [9.17, 15) is 4.39 Å². The molecule has 1 N–H and O–H groups in total. The molecule has 0 spiro atoms. The first-order chi connectivity index (χ1) is 8.19. The summed E-state index contributed by atoms with van der Waals surface area (Å²) in [6.45, 7) is 0. The van der Waals surface area contributed by atoms with Gasteiger partial charge in [-0.2, -0.15) is 5.26 Å². The summed E-state index contributed by atoms with van der Waals surface area (Å²) in [6, 6.07) is 12.7. The van der Waals surface area contributed by atoms with Gasteiger partial charge in [0.15, 0.2) is 0 Å². The van der Waals surface area contributed by atoms with E-state index in [-0.39, 0.29) is 5.75 Å². The SMILES string of the molecule is N#Cc1ccc(Sc2ccc(O)cc2)c(F)c1. The first-order valence-electron chi connectivity index (χ1n) is 4.85.